The van der Waals surface area contributed by atoms with Crippen molar-refractivity contribution in [2.45, 2.75) is 75.4 Å². The SMILES string of the molecule is CCCC(C)NC(=O)C(C)Sc1nnc(Cc2cccs2)n1C1CC1. The molecular weight excluding hydrogens is 352 g/mol. The number of nitrogens with zero attached hydrogens (tertiary/aromatic N) is 3. The van der Waals surface area contributed by atoms with Gasteiger partial charge in [0.1, 0.15) is 5.82 Å². The minimum absolute atomic E-state index is 0.0797. The van der Waals surface area contributed by atoms with E-state index < -0.39 is 0 Å². The highest BCUT2D eigenvalue weighted by atomic mass is 32.2. The Morgan fingerprint density at radius 3 is 2.88 bits per heavy atom. The van der Waals surface area contributed by atoms with E-state index in [9.17, 15) is 4.79 Å². The van der Waals surface area contributed by atoms with Gasteiger partial charge in [-0.2, -0.15) is 0 Å². The van der Waals surface area contributed by atoms with Gasteiger partial charge in [0.25, 0.3) is 0 Å². The van der Waals surface area contributed by atoms with Crippen molar-refractivity contribution in [2.24, 2.45) is 0 Å². The van der Waals surface area contributed by atoms with Gasteiger partial charge >= 0.3 is 0 Å². The summed E-state index contributed by atoms with van der Waals surface area (Å²) in [5, 5.41) is 14.7. The molecule has 1 amide bonds. The molecule has 0 aliphatic heterocycles. The molecule has 2 aromatic heterocycles. The third-order valence-corrected chi connectivity index (χ3v) is 6.25. The van der Waals surface area contributed by atoms with E-state index in [1.54, 1.807) is 11.3 Å². The zero-order valence-electron chi connectivity index (χ0n) is 15.1. The number of nitrogens with one attached hydrogen (secondary N) is 1. The summed E-state index contributed by atoms with van der Waals surface area (Å²) < 4.78 is 2.25. The first-order valence-electron chi connectivity index (χ1n) is 9.01. The van der Waals surface area contributed by atoms with E-state index in [1.807, 2.05) is 6.92 Å². The molecule has 2 atom stereocenters. The maximum atomic E-state index is 12.4. The number of carbonyl (C=O) groups excluding carboxylic acids is 1. The van der Waals surface area contributed by atoms with Crippen LogP contribution in [0.1, 0.15) is 63.2 Å². The Morgan fingerprint density at radius 2 is 2.24 bits per heavy atom. The number of amides is 1. The summed E-state index contributed by atoms with van der Waals surface area (Å²) in [6.07, 6.45) is 5.25. The van der Waals surface area contributed by atoms with Gasteiger partial charge in [-0.05, 0) is 44.6 Å². The molecule has 2 heterocycles. The standard InChI is InChI=1S/C18H26N4OS2/c1-4-6-12(2)19-17(23)13(3)25-18-21-20-16(22(18)14-8-9-14)11-15-7-5-10-24-15/h5,7,10,12-14H,4,6,8-9,11H2,1-3H3,(H,19,23). The topological polar surface area (TPSA) is 59.8 Å². The third kappa shape index (κ3) is 4.85. The second-order valence-electron chi connectivity index (χ2n) is 6.71. The first-order chi connectivity index (χ1) is 12.1. The van der Waals surface area contributed by atoms with Crippen molar-refractivity contribution in [2.75, 3.05) is 0 Å². The largest absolute Gasteiger partial charge is 0.353 e. The van der Waals surface area contributed by atoms with Crippen LogP contribution in [0.4, 0.5) is 0 Å². The summed E-state index contributed by atoms with van der Waals surface area (Å²) in [4.78, 5) is 13.7. The number of hydrogen-bond acceptors (Lipinski definition) is 5. The molecule has 25 heavy (non-hydrogen) atoms. The van der Waals surface area contributed by atoms with Gasteiger partial charge < -0.3 is 9.88 Å². The summed E-state index contributed by atoms with van der Waals surface area (Å²) in [6, 6.07) is 4.92. The monoisotopic (exact) mass is 378 g/mol. The second kappa shape index (κ2) is 8.36. The van der Waals surface area contributed by atoms with Gasteiger partial charge in [-0.15, -0.1) is 21.5 Å². The molecule has 5 nitrogen and oxygen atoms in total. The van der Waals surface area contributed by atoms with Crippen LogP contribution in [-0.2, 0) is 11.2 Å². The van der Waals surface area contributed by atoms with Crippen LogP contribution in [0, 0.1) is 0 Å². The predicted octanol–water partition coefficient (Wildman–Crippen LogP) is 4.05. The number of carbonyl (C=O) groups is 1. The van der Waals surface area contributed by atoms with Crippen LogP contribution < -0.4 is 5.32 Å². The zero-order valence-corrected chi connectivity index (χ0v) is 16.7. The maximum Gasteiger partial charge on any atom is 0.233 e. The van der Waals surface area contributed by atoms with Crippen LogP contribution in [-0.4, -0.2) is 32.0 Å². The van der Waals surface area contributed by atoms with Gasteiger partial charge in [-0.3, -0.25) is 4.79 Å². The highest BCUT2D eigenvalue weighted by Gasteiger charge is 2.31. The quantitative estimate of drug-likeness (QED) is 0.669. The molecule has 1 N–H and O–H groups in total. The Morgan fingerprint density at radius 1 is 1.44 bits per heavy atom. The number of hydrogen-bond donors (Lipinski definition) is 1. The van der Waals surface area contributed by atoms with Crippen molar-refractivity contribution in [3.63, 3.8) is 0 Å². The molecule has 1 saturated carbocycles. The first kappa shape index (κ1) is 18.5. The van der Waals surface area contributed by atoms with Crippen LogP contribution in [0.25, 0.3) is 0 Å². The molecule has 1 aliphatic carbocycles. The highest BCUT2D eigenvalue weighted by Crippen LogP contribution is 2.40. The lowest BCUT2D eigenvalue weighted by atomic mass is 10.2. The van der Waals surface area contributed by atoms with Crippen LogP contribution >= 0.6 is 23.1 Å². The third-order valence-electron chi connectivity index (χ3n) is 4.32. The van der Waals surface area contributed by atoms with E-state index in [0.29, 0.717) is 6.04 Å². The van der Waals surface area contributed by atoms with E-state index in [-0.39, 0.29) is 17.2 Å². The van der Waals surface area contributed by atoms with Gasteiger partial charge in [0, 0.05) is 23.4 Å². The summed E-state index contributed by atoms with van der Waals surface area (Å²) in [6.45, 7) is 6.14. The van der Waals surface area contributed by atoms with Crippen molar-refractivity contribution in [1.82, 2.24) is 20.1 Å². The fraction of sp³-hybridized carbons (Fsp3) is 0.611. The summed E-state index contributed by atoms with van der Waals surface area (Å²) in [7, 11) is 0. The molecule has 7 heteroatoms. The van der Waals surface area contributed by atoms with Crippen LogP contribution in [0.15, 0.2) is 22.7 Å². The Bertz CT molecular complexity index is 694. The van der Waals surface area contributed by atoms with E-state index in [1.165, 1.54) is 29.5 Å². The van der Waals surface area contributed by atoms with E-state index in [0.717, 1.165) is 30.2 Å². The van der Waals surface area contributed by atoms with Gasteiger partial charge in [-0.1, -0.05) is 31.2 Å². The van der Waals surface area contributed by atoms with E-state index >= 15 is 0 Å². The molecule has 0 saturated heterocycles. The average Bonchev–Trinajstić information content (AvgIpc) is 3.13. The average molecular weight is 379 g/mol. The molecule has 3 rings (SSSR count). The zero-order chi connectivity index (χ0) is 17.8. The highest BCUT2D eigenvalue weighted by molar-refractivity contribution is 8.00. The van der Waals surface area contributed by atoms with Crippen molar-refractivity contribution in [3.8, 4) is 0 Å². The molecule has 136 valence electrons. The fourth-order valence-corrected chi connectivity index (χ4v) is 4.50. The molecule has 1 fully saturated rings. The number of rotatable bonds is 9. The normalized spacial score (nSPS) is 16.6. The van der Waals surface area contributed by atoms with Gasteiger partial charge in [0.15, 0.2) is 5.16 Å². The number of thiophene rings is 1. The number of thioether (sulfide) groups is 1. The second-order valence-corrected chi connectivity index (χ2v) is 9.05. The molecule has 2 unspecified atom stereocenters. The lowest BCUT2D eigenvalue weighted by Gasteiger charge is -2.17. The molecular formula is C18H26N4OS2. The number of aromatic nitrogens is 3. The van der Waals surface area contributed by atoms with Crippen LogP contribution in [0.2, 0.25) is 0 Å². The Labute approximate surface area is 157 Å². The lowest BCUT2D eigenvalue weighted by Crippen LogP contribution is -2.37. The summed E-state index contributed by atoms with van der Waals surface area (Å²) >= 11 is 3.27. The minimum Gasteiger partial charge on any atom is -0.353 e. The smallest absolute Gasteiger partial charge is 0.233 e. The van der Waals surface area contributed by atoms with Gasteiger partial charge in [0.2, 0.25) is 5.91 Å². The maximum absolute atomic E-state index is 12.4. The molecule has 0 bridgehead atoms. The van der Waals surface area contributed by atoms with Crippen LogP contribution in [0.3, 0.4) is 0 Å². The fourth-order valence-electron chi connectivity index (χ4n) is 2.85. The van der Waals surface area contributed by atoms with E-state index in [2.05, 4.69) is 51.4 Å². The van der Waals surface area contributed by atoms with Crippen molar-refractivity contribution in [3.05, 3.63) is 28.2 Å². The Balaban J connectivity index is 1.67. The minimum atomic E-state index is -0.171. The summed E-state index contributed by atoms with van der Waals surface area (Å²) in [5.74, 6) is 1.09. The molecule has 0 aromatic carbocycles. The molecule has 2 aromatic rings. The van der Waals surface area contributed by atoms with Crippen LogP contribution in [0.5, 0.6) is 0 Å². The molecule has 0 spiro atoms. The van der Waals surface area contributed by atoms with E-state index in [4.69, 9.17) is 0 Å². The van der Waals surface area contributed by atoms with Crippen molar-refractivity contribution in [1.29, 1.82) is 0 Å². The Hall–Kier alpha value is -1.34. The lowest BCUT2D eigenvalue weighted by molar-refractivity contribution is -0.120. The molecule has 1 aliphatic rings. The van der Waals surface area contributed by atoms with Gasteiger partial charge in [-0.25, -0.2) is 0 Å². The Kier molecular flexibility index (Phi) is 6.17. The van der Waals surface area contributed by atoms with Crippen molar-refractivity contribution >= 4 is 29.0 Å². The first-order valence-corrected chi connectivity index (χ1v) is 10.8. The predicted molar refractivity (Wildman–Crippen MR) is 103 cm³/mol. The molecule has 0 radical (unpaired) electrons. The van der Waals surface area contributed by atoms with Crippen molar-refractivity contribution < 1.29 is 4.79 Å². The summed E-state index contributed by atoms with van der Waals surface area (Å²) in [5.41, 5.74) is 0. The van der Waals surface area contributed by atoms with Gasteiger partial charge in [0.05, 0.1) is 5.25 Å².